The first-order valence-electron chi connectivity index (χ1n) is 11.0. The van der Waals surface area contributed by atoms with Crippen LogP contribution in [0.5, 0.6) is 5.75 Å². The van der Waals surface area contributed by atoms with E-state index in [4.69, 9.17) is 21.6 Å². The molecule has 0 N–H and O–H groups in total. The van der Waals surface area contributed by atoms with Gasteiger partial charge in [-0.1, -0.05) is 29.8 Å². The topological polar surface area (TPSA) is 72.8 Å². The minimum atomic E-state index is -0.0722. The molecule has 2 aromatic heterocycles. The van der Waals surface area contributed by atoms with Crippen molar-refractivity contribution in [1.82, 2.24) is 14.1 Å². The number of benzene rings is 3. The molecule has 0 atom stereocenters. The number of rotatable bonds is 6. The largest absolute Gasteiger partial charge is 0.487 e. The summed E-state index contributed by atoms with van der Waals surface area (Å²) in [6.07, 6.45) is 3.56. The van der Waals surface area contributed by atoms with Crippen LogP contribution in [0.4, 0.5) is 0 Å². The molecule has 6 nitrogen and oxygen atoms in total. The molecular formula is C28H21ClN4O2. The number of halogens is 1. The Morgan fingerprint density at radius 3 is 2.66 bits per heavy atom. The highest BCUT2D eigenvalue weighted by atomic mass is 35.5. The highest BCUT2D eigenvalue weighted by Crippen LogP contribution is 2.30. The molecule has 0 amide bonds. The zero-order valence-corrected chi connectivity index (χ0v) is 19.7. The maximum absolute atomic E-state index is 12.6. The van der Waals surface area contributed by atoms with E-state index in [-0.39, 0.29) is 5.56 Å². The number of aromatic nitrogens is 3. The number of imidazole rings is 1. The molecule has 5 rings (SSSR count). The molecule has 35 heavy (non-hydrogen) atoms. The van der Waals surface area contributed by atoms with Crippen molar-refractivity contribution < 1.29 is 4.74 Å². The Hall–Kier alpha value is -4.34. The van der Waals surface area contributed by atoms with Crippen molar-refractivity contribution in [1.29, 1.82) is 5.26 Å². The van der Waals surface area contributed by atoms with Crippen molar-refractivity contribution in [2.24, 2.45) is 7.05 Å². The predicted molar refractivity (Wildman–Crippen MR) is 136 cm³/mol. The molecule has 5 aromatic rings. The summed E-state index contributed by atoms with van der Waals surface area (Å²) in [7, 11) is 1.78. The van der Waals surface area contributed by atoms with Gasteiger partial charge in [0.2, 0.25) is 0 Å². The summed E-state index contributed by atoms with van der Waals surface area (Å²) in [4.78, 5) is 16.9. The molecule has 0 spiro atoms. The van der Waals surface area contributed by atoms with E-state index in [0.717, 1.165) is 33.3 Å². The Balaban J connectivity index is 1.45. The highest BCUT2D eigenvalue weighted by molar-refractivity contribution is 6.30. The summed E-state index contributed by atoms with van der Waals surface area (Å²) >= 11 is 6.23. The Morgan fingerprint density at radius 1 is 1.06 bits per heavy atom. The molecule has 0 saturated carbocycles. The van der Waals surface area contributed by atoms with Crippen molar-refractivity contribution >= 4 is 22.5 Å². The summed E-state index contributed by atoms with van der Waals surface area (Å²) < 4.78 is 9.58. The maximum Gasteiger partial charge on any atom is 0.251 e. The van der Waals surface area contributed by atoms with Gasteiger partial charge < -0.3 is 13.9 Å². The minimum Gasteiger partial charge on any atom is -0.487 e. The monoisotopic (exact) mass is 480 g/mol. The van der Waals surface area contributed by atoms with Gasteiger partial charge in [-0.25, -0.2) is 4.98 Å². The Kier molecular flexibility index (Phi) is 6.09. The Morgan fingerprint density at radius 2 is 1.89 bits per heavy atom. The van der Waals surface area contributed by atoms with Crippen molar-refractivity contribution in [3.05, 3.63) is 118 Å². The van der Waals surface area contributed by atoms with Gasteiger partial charge in [0.05, 0.1) is 35.4 Å². The van der Waals surface area contributed by atoms with E-state index >= 15 is 0 Å². The Labute approximate surface area is 207 Å². The zero-order chi connectivity index (χ0) is 24.4. The Bertz CT molecular complexity index is 1630. The third-order valence-electron chi connectivity index (χ3n) is 5.97. The first-order valence-corrected chi connectivity index (χ1v) is 11.4. The molecule has 7 heteroatoms. The molecule has 2 heterocycles. The van der Waals surface area contributed by atoms with Gasteiger partial charge in [0.1, 0.15) is 12.4 Å². The predicted octanol–water partition coefficient (Wildman–Crippen LogP) is 5.55. The average molecular weight is 481 g/mol. The SMILES string of the molecule is Cn1c(=O)cc(-c2cccc(Cl)c2)c2cc(Cn3cncc3COc3ccc(C#N)cc3)ccc21. The molecular weight excluding hydrogens is 460 g/mol. The van der Waals surface area contributed by atoms with E-state index in [1.54, 1.807) is 54.5 Å². The number of hydrogen-bond donors (Lipinski definition) is 0. The van der Waals surface area contributed by atoms with Gasteiger partial charge in [-0.15, -0.1) is 0 Å². The number of pyridine rings is 1. The summed E-state index contributed by atoms with van der Waals surface area (Å²) in [6, 6.07) is 24.4. The summed E-state index contributed by atoms with van der Waals surface area (Å²) in [5.41, 5.74) is 5.11. The lowest BCUT2D eigenvalue weighted by molar-refractivity contribution is 0.296. The van der Waals surface area contributed by atoms with Gasteiger partial charge in [0.25, 0.3) is 5.56 Å². The molecule has 0 aliphatic heterocycles. The van der Waals surface area contributed by atoms with Crippen LogP contribution in [0.3, 0.4) is 0 Å². The van der Waals surface area contributed by atoms with E-state index in [0.29, 0.717) is 29.5 Å². The standard InChI is InChI=1S/C28H21ClN4O2/c1-32-27-10-7-20(11-26(27)25(13-28(32)34)21-3-2-4-22(29)12-21)16-33-18-31-15-23(33)17-35-24-8-5-19(14-30)6-9-24/h2-13,15,18H,16-17H2,1H3. The van der Waals surface area contributed by atoms with Crippen LogP contribution in [0.2, 0.25) is 5.02 Å². The number of hydrogen-bond acceptors (Lipinski definition) is 4. The molecule has 3 aromatic carbocycles. The lowest BCUT2D eigenvalue weighted by Crippen LogP contribution is -2.16. The van der Waals surface area contributed by atoms with E-state index in [2.05, 4.69) is 17.1 Å². The van der Waals surface area contributed by atoms with Gasteiger partial charge >= 0.3 is 0 Å². The van der Waals surface area contributed by atoms with Crippen LogP contribution in [0, 0.1) is 11.3 Å². The summed E-state index contributed by atoms with van der Waals surface area (Å²) in [6.45, 7) is 0.946. The van der Waals surface area contributed by atoms with Crippen LogP contribution in [0.25, 0.3) is 22.0 Å². The van der Waals surface area contributed by atoms with Gasteiger partial charge in [-0.3, -0.25) is 4.79 Å². The molecule has 0 radical (unpaired) electrons. The lowest BCUT2D eigenvalue weighted by atomic mass is 9.99. The number of nitrogens with zero attached hydrogens (tertiary/aromatic N) is 4. The van der Waals surface area contributed by atoms with Crippen LogP contribution >= 0.6 is 11.6 Å². The lowest BCUT2D eigenvalue weighted by Gasteiger charge is -2.14. The van der Waals surface area contributed by atoms with Gasteiger partial charge in [-0.05, 0) is 65.2 Å². The van der Waals surface area contributed by atoms with E-state index < -0.39 is 0 Å². The van der Waals surface area contributed by atoms with Crippen molar-refractivity contribution in [2.75, 3.05) is 0 Å². The van der Waals surface area contributed by atoms with Crippen molar-refractivity contribution in [2.45, 2.75) is 13.2 Å². The number of fused-ring (bicyclic) bond motifs is 1. The molecule has 0 bridgehead atoms. The smallest absolute Gasteiger partial charge is 0.251 e. The van der Waals surface area contributed by atoms with E-state index in [1.807, 2.05) is 41.0 Å². The number of ether oxygens (including phenoxy) is 1. The molecule has 0 aliphatic carbocycles. The van der Waals surface area contributed by atoms with Crippen molar-refractivity contribution in [3.8, 4) is 22.9 Å². The van der Waals surface area contributed by atoms with Crippen LogP contribution in [-0.2, 0) is 20.2 Å². The average Bonchev–Trinajstić information content (AvgIpc) is 3.32. The molecule has 0 saturated heterocycles. The van der Waals surface area contributed by atoms with Crippen LogP contribution in [0.15, 0.2) is 90.1 Å². The second-order valence-electron chi connectivity index (χ2n) is 8.25. The van der Waals surface area contributed by atoms with Crippen molar-refractivity contribution in [3.63, 3.8) is 0 Å². The quantitative estimate of drug-likeness (QED) is 0.319. The number of aryl methyl sites for hydroxylation is 1. The molecule has 0 aliphatic rings. The van der Waals surface area contributed by atoms with Gasteiger partial charge in [0.15, 0.2) is 0 Å². The van der Waals surface area contributed by atoms with E-state index in [1.165, 1.54) is 0 Å². The maximum atomic E-state index is 12.6. The molecule has 0 fully saturated rings. The minimum absolute atomic E-state index is 0.0722. The van der Waals surface area contributed by atoms with Gasteiger partial charge in [0, 0.05) is 30.1 Å². The molecule has 0 unspecified atom stereocenters. The highest BCUT2D eigenvalue weighted by Gasteiger charge is 2.11. The molecule has 172 valence electrons. The first kappa shape index (κ1) is 22.5. The third-order valence-corrected chi connectivity index (χ3v) is 6.20. The fourth-order valence-electron chi connectivity index (χ4n) is 4.09. The normalized spacial score (nSPS) is 10.9. The first-order chi connectivity index (χ1) is 17.0. The second-order valence-corrected chi connectivity index (χ2v) is 8.69. The summed E-state index contributed by atoms with van der Waals surface area (Å²) in [5.74, 6) is 0.689. The fraction of sp³-hybridized carbons (Fsp3) is 0.107. The van der Waals surface area contributed by atoms with Crippen LogP contribution in [0.1, 0.15) is 16.8 Å². The third kappa shape index (κ3) is 4.68. The fourth-order valence-corrected chi connectivity index (χ4v) is 4.28. The van der Waals surface area contributed by atoms with Gasteiger partial charge in [-0.2, -0.15) is 5.26 Å². The zero-order valence-electron chi connectivity index (χ0n) is 19.0. The van der Waals surface area contributed by atoms with Crippen LogP contribution < -0.4 is 10.3 Å². The van der Waals surface area contributed by atoms with Crippen LogP contribution in [-0.4, -0.2) is 14.1 Å². The van der Waals surface area contributed by atoms with E-state index in [9.17, 15) is 4.79 Å². The number of nitriles is 1. The summed E-state index contributed by atoms with van der Waals surface area (Å²) in [5, 5.41) is 10.5. The second kappa shape index (κ2) is 9.49.